The Kier molecular flexibility index (Phi) is 5.42. The molecule has 1 heterocycles. The summed E-state index contributed by atoms with van der Waals surface area (Å²) in [6, 6.07) is 8.37. The average molecular weight is 373 g/mol. The fourth-order valence-corrected chi connectivity index (χ4v) is 3.04. The second kappa shape index (κ2) is 7.92. The standard InChI is InChI=1S/C18H17F2N5O2/c19-15-10-13(22-23-21)11-16(20)18(15)25-7-5-24(6-8-25)17(27)9-12-1-3-14(26)4-2-12/h1-4,10-11,26H,5-9H2. The molecular formula is C18H17F2N5O2. The number of carbonyl (C=O) groups excluding carboxylic acids is 1. The molecule has 0 aliphatic carbocycles. The maximum atomic E-state index is 14.2. The second-order valence-corrected chi connectivity index (χ2v) is 6.16. The Morgan fingerprint density at radius 2 is 1.70 bits per heavy atom. The number of aromatic hydroxyl groups is 1. The van der Waals surface area contributed by atoms with Gasteiger partial charge in [-0.1, -0.05) is 17.2 Å². The molecule has 0 atom stereocenters. The minimum atomic E-state index is -0.804. The van der Waals surface area contributed by atoms with Gasteiger partial charge in [-0.05, 0) is 35.4 Å². The zero-order chi connectivity index (χ0) is 19.4. The van der Waals surface area contributed by atoms with Crippen LogP contribution in [-0.2, 0) is 11.2 Å². The van der Waals surface area contributed by atoms with E-state index >= 15 is 0 Å². The molecule has 0 spiro atoms. The van der Waals surface area contributed by atoms with E-state index in [4.69, 9.17) is 5.53 Å². The minimum absolute atomic E-state index is 0.0833. The third-order valence-electron chi connectivity index (χ3n) is 4.40. The zero-order valence-corrected chi connectivity index (χ0v) is 14.3. The molecule has 1 aliphatic rings. The van der Waals surface area contributed by atoms with Crippen molar-refractivity contribution >= 4 is 17.3 Å². The number of hydrogen-bond acceptors (Lipinski definition) is 4. The van der Waals surface area contributed by atoms with Gasteiger partial charge in [-0.15, -0.1) is 0 Å². The lowest BCUT2D eigenvalue weighted by Crippen LogP contribution is -2.49. The number of azide groups is 1. The van der Waals surface area contributed by atoms with Crippen LogP contribution in [0.5, 0.6) is 5.75 Å². The van der Waals surface area contributed by atoms with Crippen molar-refractivity contribution in [2.45, 2.75) is 6.42 Å². The highest BCUT2D eigenvalue weighted by molar-refractivity contribution is 5.79. The summed E-state index contributed by atoms with van der Waals surface area (Å²) in [6.45, 7) is 1.26. The number of anilines is 1. The van der Waals surface area contributed by atoms with Gasteiger partial charge in [0.25, 0.3) is 0 Å². The largest absolute Gasteiger partial charge is 0.508 e. The fourth-order valence-electron chi connectivity index (χ4n) is 3.04. The van der Waals surface area contributed by atoms with Crippen LogP contribution in [0.4, 0.5) is 20.2 Å². The molecule has 2 aromatic carbocycles. The molecule has 1 saturated heterocycles. The highest BCUT2D eigenvalue weighted by Crippen LogP contribution is 2.29. The van der Waals surface area contributed by atoms with E-state index in [-0.39, 0.29) is 42.5 Å². The molecule has 140 valence electrons. The predicted octanol–water partition coefficient (Wildman–Crippen LogP) is 3.50. The van der Waals surface area contributed by atoms with Gasteiger partial charge in [0.1, 0.15) is 23.1 Å². The average Bonchev–Trinajstić information content (AvgIpc) is 2.64. The maximum Gasteiger partial charge on any atom is 0.227 e. The van der Waals surface area contributed by atoms with Gasteiger partial charge in [-0.2, -0.15) is 0 Å². The van der Waals surface area contributed by atoms with Crippen LogP contribution in [-0.4, -0.2) is 42.1 Å². The van der Waals surface area contributed by atoms with E-state index in [1.807, 2.05) is 0 Å². The van der Waals surface area contributed by atoms with Crippen LogP contribution in [0.15, 0.2) is 41.5 Å². The molecule has 0 unspecified atom stereocenters. The monoisotopic (exact) mass is 373 g/mol. The summed E-state index contributed by atoms with van der Waals surface area (Å²) in [6.07, 6.45) is 0.198. The van der Waals surface area contributed by atoms with Crippen molar-refractivity contribution in [2.75, 3.05) is 31.1 Å². The summed E-state index contributed by atoms with van der Waals surface area (Å²) < 4.78 is 28.5. The zero-order valence-electron chi connectivity index (χ0n) is 14.3. The van der Waals surface area contributed by atoms with Gasteiger partial charge in [0.15, 0.2) is 0 Å². The molecule has 0 radical (unpaired) electrons. The molecular weight excluding hydrogens is 356 g/mol. The predicted molar refractivity (Wildman–Crippen MR) is 95.8 cm³/mol. The van der Waals surface area contributed by atoms with Crippen LogP contribution in [0.1, 0.15) is 5.56 Å². The maximum absolute atomic E-state index is 14.2. The molecule has 0 saturated carbocycles. The van der Waals surface area contributed by atoms with E-state index in [1.165, 1.54) is 17.0 Å². The van der Waals surface area contributed by atoms with Crippen LogP contribution in [0, 0.1) is 11.6 Å². The number of piperazine rings is 1. The molecule has 1 fully saturated rings. The van der Waals surface area contributed by atoms with Crippen molar-refractivity contribution in [3.05, 3.63) is 64.0 Å². The van der Waals surface area contributed by atoms with Gasteiger partial charge in [0.05, 0.1) is 6.42 Å². The summed E-state index contributed by atoms with van der Waals surface area (Å²) in [7, 11) is 0. The van der Waals surface area contributed by atoms with E-state index < -0.39 is 11.6 Å². The Morgan fingerprint density at radius 1 is 1.11 bits per heavy atom. The Labute approximate surface area is 154 Å². The fraction of sp³-hybridized carbons (Fsp3) is 0.278. The van der Waals surface area contributed by atoms with Gasteiger partial charge < -0.3 is 14.9 Å². The number of halogens is 2. The van der Waals surface area contributed by atoms with E-state index in [0.717, 1.165) is 17.7 Å². The number of carbonyl (C=O) groups is 1. The van der Waals surface area contributed by atoms with Gasteiger partial charge in [0.2, 0.25) is 5.91 Å². The van der Waals surface area contributed by atoms with Crippen LogP contribution in [0.25, 0.3) is 10.4 Å². The van der Waals surface area contributed by atoms with Crippen LogP contribution >= 0.6 is 0 Å². The lowest BCUT2D eigenvalue weighted by atomic mass is 10.1. The summed E-state index contributed by atoms with van der Waals surface area (Å²) in [4.78, 5) is 18.1. The third-order valence-corrected chi connectivity index (χ3v) is 4.40. The molecule has 0 bridgehead atoms. The molecule has 1 aliphatic heterocycles. The topological polar surface area (TPSA) is 92.5 Å². The Bertz CT molecular complexity index is 866. The lowest BCUT2D eigenvalue weighted by Gasteiger charge is -2.36. The van der Waals surface area contributed by atoms with Crippen LogP contribution < -0.4 is 4.90 Å². The first kappa shape index (κ1) is 18.5. The van der Waals surface area contributed by atoms with E-state index in [1.54, 1.807) is 17.0 Å². The molecule has 1 N–H and O–H groups in total. The summed E-state index contributed by atoms with van der Waals surface area (Å²) in [5, 5.41) is 12.5. The first-order valence-electron chi connectivity index (χ1n) is 8.32. The smallest absolute Gasteiger partial charge is 0.227 e. The van der Waals surface area contributed by atoms with Crippen molar-refractivity contribution in [2.24, 2.45) is 5.11 Å². The van der Waals surface area contributed by atoms with Crippen molar-refractivity contribution in [1.29, 1.82) is 0 Å². The number of amides is 1. The Hall–Kier alpha value is -3.32. The molecule has 1 amide bonds. The van der Waals surface area contributed by atoms with E-state index in [2.05, 4.69) is 10.0 Å². The van der Waals surface area contributed by atoms with Gasteiger partial charge in [0, 0.05) is 36.8 Å². The number of benzene rings is 2. The minimum Gasteiger partial charge on any atom is -0.508 e. The van der Waals surface area contributed by atoms with E-state index in [0.29, 0.717) is 13.1 Å². The Morgan fingerprint density at radius 3 is 2.26 bits per heavy atom. The number of hydrogen-bond donors (Lipinski definition) is 1. The highest BCUT2D eigenvalue weighted by atomic mass is 19.1. The van der Waals surface area contributed by atoms with Crippen molar-refractivity contribution < 1.29 is 18.7 Å². The lowest BCUT2D eigenvalue weighted by molar-refractivity contribution is -0.130. The number of nitrogens with zero attached hydrogens (tertiary/aromatic N) is 5. The van der Waals surface area contributed by atoms with Crippen LogP contribution in [0.2, 0.25) is 0 Å². The van der Waals surface area contributed by atoms with Crippen molar-refractivity contribution in [3.63, 3.8) is 0 Å². The molecule has 3 rings (SSSR count). The third kappa shape index (κ3) is 4.27. The molecule has 0 aromatic heterocycles. The van der Waals surface area contributed by atoms with Gasteiger partial charge in [-0.3, -0.25) is 4.79 Å². The molecule has 2 aromatic rings. The molecule has 7 nitrogen and oxygen atoms in total. The summed E-state index contributed by atoms with van der Waals surface area (Å²) in [5.74, 6) is -1.56. The van der Waals surface area contributed by atoms with E-state index in [9.17, 15) is 18.7 Å². The van der Waals surface area contributed by atoms with Crippen LogP contribution in [0.3, 0.4) is 0 Å². The normalized spacial score (nSPS) is 14.0. The highest BCUT2D eigenvalue weighted by Gasteiger charge is 2.25. The van der Waals surface area contributed by atoms with Gasteiger partial charge in [-0.25, -0.2) is 8.78 Å². The SMILES string of the molecule is [N-]=[N+]=Nc1cc(F)c(N2CCN(C(=O)Cc3ccc(O)cc3)CC2)c(F)c1. The van der Waals surface area contributed by atoms with Gasteiger partial charge >= 0.3 is 0 Å². The van der Waals surface area contributed by atoms with Crippen molar-refractivity contribution in [1.82, 2.24) is 4.90 Å². The second-order valence-electron chi connectivity index (χ2n) is 6.16. The first-order valence-corrected chi connectivity index (χ1v) is 8.32. The number of rotatable bonds is 4. The first-order chi connectivity index (χ1) is 13.0. The summed E-state index contributed by atoms with van der Waals surface area (Å²) >= 11 is 0. The Balaban J connectivity index is 1.64. The quantitative estimate of drug-likeness (QED) is 0.505. The molecule has 9 heteroatoms. The number of phenolic OH excluding ortho intramolecular Hbond substituents is 1. The van der Waals surface area contributed by atoms with Crippen molar-refractivity contribution in [3.8, 4) is 5.75 Å². The molecule has 27 heavy (non-hydrogen) atoms. The summed E-state index contributed by atoms with van der Waals surface area (Å²) in [5.41, 5.74) is 8.85. The number of phenols is 1.